The molecule has 1 atom stereocenters. The van der Waals surface area contributed by atoms with Gasteiger partial charge in [-0.1, -0.05) is 20.3 Å². The molecule has 4 heteroatoms. The first-order valence-corrected chi connectivity index (χ1v) is 7.55. The number of carbonyl (C=O) groups excluding carboxylic acids is 1. The summed E-state index contributed by atoms with van der Waals surface area (Å²) in [6.07, 6.45) is 9.93. The molecule has 0 aromatic carbocycles. The van der Waals surface area contributed by atoms with E-state index in [1.54, 1.807) is 0 Å². The van der Waals surface area contributed by atoms with E-state index in [1.807, 2.05) is 11.1 Å². The Morgan fingerprint density at radius 2 is 2.32 bits per heavy atom. The number of hydrogen-bond acceptors (Lipinski definition) is 2. The van der Waals surface area contributed by atoms with Crippen molar-refractivity contribution < 1.29 is 4.79 Å². The smallest absolute Gasteiger partial charge is 0.222 e. The number of imidazole rings is 1. The molecule has 0 N–H and O–H groups in total. The second-order valence-electron chi connectivity index (χ2n) is 5.34. The van der Waals surface area contributed by atoms with Crippen molar-refractivity contribution in [1.29, 1.82) is 0 Å². The van der Waals surface area contributed by atoms with Crippen LogP contribution >= 0.6 is 0 Å². The number of hydrogen-bond donors (Lipinski definition) is 0. The van der Waals surface area contributed by atoms with Gasteiger partial charge in [0.2, 0.25) is 5.91 Å². The summed E-state index contributed by atoms with van der Waals surface area (Å²) in [4.78, 5) is 18.6. The molecule has 0 bridgehead atoms. The van der Waals surface area contributed by atoms with E-state index >= 15 is 0 Å². The van der Waals surface area contributed by atoms with Crippen molar-refractivity contribution >= 4 is 5.91 Å². The van der Waals surface area contributed by atoms with Crippen molar-refractivity contribution in [2.75, 3.05) is 13.1 Å². The Bertz CT molecular complexity index is 413. The van der Waals surface area contributed by atoms with Crippen molar-refractivity contribution in [3.05, 3.63) is 18.2 Å². The van der Waals surface area contributed by atoms with Gasteiger partial charge in [0.25, 0.3) is 0 Å². The van der Waals surface area contributed by atoms with E-state index in [0.29, 0.717) is 18.4 Å². The number of piperidine rings is 1. The molecule has 0 aliphatic carbocycles. The number of likely N-dealkylation sites (tertiary alicyclic amines) is 1. The van der Waals surface area contributed by atoms with Gasteiger partial charge in [-0.15, -0.1) is 0 Å². The highest BCUT2D eigenvalue weighted by Crippen LogP contribution is 2.23. The fraction of sp³-hybridized carbons (Fsp3) is 0.733. The molecule has 1 amide bonds. The molecule has 2 rings (SSSR count). The molecule has 4 nitrogen and oxygen atoms in total. The van der Waals surface area contributed by atoms with Crippen LogP contribution in [0.3, 0.4) is 0 Å². The summed E-state index contributed by atoms with van der Waals surface area (Å²) in [6.45, 7) is 6.04. The van der Waals surface area contributed by atoms with Crippen molar-refractivity contribution in [1.82, 2.24) is 14.5 Å². The average molecular weight is 263 g/mol. The van der Waals surface area contributed by atoms with E-state index < -0.39 is 0 Å². The molecule has 0 radical (unpaired) electrons. The van der Waals surface area contributed by atoms with E-state index in [-0.39, 0.29) is 0 Å². The second kappa shape index (κ2) is 6.73. The zero-order chi connectivity index (χ0) is 13.7. The minimum Gasteiger partial charge on any atom is -0.341 e. The van der Waals surface area contributed by atoms with E-state index in [4.69, 9.17) is 0 Å². The molecule has 106 valence electrons. The lowest BCUT2D eigenvalue weighted by Crippen LogP contribution is -2.40. The van der Waals surface area contributed by atoms with Gasteiger partial charge in [0.05, 0.1) is 6.04 Å². The van der Waals surface area contributed by atoms with E-state index in [2.05, 4.69) is 29.6 Å². The first-order valence-electron chi connectivity index (χ1n) is 7.55. The van der Waals surface area contributed by atoms with Crippen molar-refractivity contribution in [2.24, 2.45) is 0 Å². The molecular formula is C15H25N3O. The van der Waals surface area contributed by atoms with Crippen LogP contribution in [0.5, 0.6) is 0 Å². The maximum atomic E-state index is 12.1. The Balaban J connectivity index is 1.99. The predicted molar refractivity (Wildman–Crippen MR) is 76.0 cm³/mol. The van der Waals surface area contributed by atoms with E-state index in [0.717, 1.165) is 51.0 Å². The van der Waals surface area contributed by atoms with Gasteiger partial charge >= 0.3 is 0 Å². The molecule has 1 saturated heterocycles. The van der Waals surface area contributed by atoms with Crippen LogP contribution < -0.4 is 0 Å². The molecule has 1 fully saturated rings. The standard InChI is InChI=1S/C15H25N3O/c1-3-5-8-15(19)17-10-6-7-13(12-17)18-11-9-16-14(18)4-2/h9,11,13H,3-8,10,12H2,1-2H3/t13-/m1/s1. The zero-order valence-corrected chi connectivity index (χ0v) is 12.1. The van der Waals surface area contributed by atoms with Crippen LogP contribution in [0, 0.1) is 0 Å². The van der Waals surface area contributed by atoms with Crippen LogP contribution in [0.1, 0.15) is 57.8 Å². The predicted octanol–water partition coefficient (Wildman–Crippen LogP) is 2.80. The third kappa shape index (κ3) is 3.37. The molecule has 19 heavy (non-hydrogen) atoms. The number of amides is 1. The normalized spacial score (nSPS) is 19.7. The van der Waals surface area contributed by atoms with Crippen LogP contribution in [-0.4, -0.2) is 33.4 Å². The SMILES string of the molecule is CCCCC(=O)N1CCC[C@@H](n2ccnc2CC)C1. The quantitative estimate of drug-likeness (QED) is 0.819. The van der Waals surface area contributed by atoms with Crippen molar-refractivity contribution in [2.45, 2.75) is 58.4 Å². The Labute approximate surface area is 115 Å². The van der Waals surface area contributed by atoms with Crippen molar-refractivity contribution in [3.8, 4) is 0 Å². The van der Waals surface area contributed by atoms with Gasteiger partial charge in [-0.2, -0.15) is 0 Å². The molecule has 2 heterocycles. The van der Waals surface area contributed by atoms with Gasteiger partial charge < -0.3 is 9.47 Å². The molecule has 1 aliphatic heterocycles. The first kappa shape index (κ1) is 14.1. The summed E-state index contributed by atoms with van der Waals surface area (Å²) in [5, 5.41) is 0. The third-order valence-electron chi connectivity index (χ3n) is 3.95. The van der Waals surface area contributed by atoms with Crippen LogP contribution in [0.15, 0.2) is 12.4 Å². The fourth-order valence-corrected chi connectivity index (χ4v) is 2.84. The van der Waals surface area contributed by atoms with Gasteiger partial charge in [-0.25, -0.2) is 4.98 Å². The lowest BCUT2D eigenvalue weighted by Gasteiger charge is -2.34. The number of nitrogens with zero attached hydrogens (tertiary/aromatic N) is 3. The zero-order valence-electron chi connectivity index (χ0n) is 12.1. The number of aromatic nitrogens is 2. The van der Waals surface area contributed by atoms with Crippen LogP contribution in [0.2, 0.25) is 0 Å². The lowest BCUT2D eigenvalue weighted by atomic mass is 10.0. The van der Waals surface area contributed by atoms with Gasteiger partial charge in [0.1, 0.15) is 5.82 Å². The first-order chi connectivity index (χ1) is 9.26. The summed E-state index contributed by atoms with van der Waals surface area (Å²) >= 11 is 0. The van der Waals surface area contributed by atoms with Gasteiger partial charge in [-0.3, -0.25) is 4.79 Å². The molecule has 1 aromatic rings. The van der Waals surface area contributed by atoms with Gasteiger partial charge in [0.15, 0.2) is 0 Å². The molecule has 0 saturated carbocycles. The average Bonchev–Trinajstić information content (AvgIpc) is 2.93. The Morgan fingerprint density at radius 1 is 1.47 bits per heavy atom. The van der Waals surface area contributed by atoms with Gasteiger partial charge in [-0.05, 0) is 19.3 Å². The van der Waals surface area contributed by atoms with E-state index in [1.165, 1.54) is 0 Å². The maximum absolute atomic E-state index is 12.1. The number of carbonyl (C=O) groups is 1. The van der Waals surface area contributed by atoms with Crippen LogP contribution in [0.4, 0.5) is 0 Å². The van der Waals surface area contributed by atoms with Gasteiger partial charge in [0, 0.05) is 38.3 Å². The third-order valence-corrected chi connectivity index (χ3v) is 3.95. The topological polar surface area (TPSA) is 38.1 Å². The molecule has 0 spiro atoms. The Morgan fingerprint density at radius 3 is 3.05 bits per heavy atom. The number of rotatable bonds is 5. The lowest BCUT2D eigenvalue weighted by molar-refractivity contribution is -0.133. The molecule has 1 aliphatic rings. The summed E-state index contributed by atoms with van der Waals surface area (Å²) in [6, 6.07) is 0.414. The van der Waals surface area contributed by atoms with Crippen molar-refractivity contribution in [3.63, 3.8) is 0 Å². The van der Waals surface area contributed by atoms with Crippen LogP contribution in [-0.2, 0) is 11.2 Å². The monoisotopic (exact) mass is 263 g/mol. The summed E-state index contributed by atoms with van der Waals surface area (Å²) < 4.78 is 2.26. The summed E-state index contributed by atoms with van der Waals surface area (Å²) in [5.41, 5.74) is 0. The highest BCUT2D eigenvalue weighted by Gasteiger charge is 2.25. The second-order valence-corrected chi connectivity index (χ2v) is 5.34. The van der Waals surface area contributed by atoms with Crippen LogP contribution in [0.25, 0.3) is 0 Å². The highest BCUT2D eigenvalue weighted by atomic mass is 16.2. The largest absolute Gasteiger partial charge is 0.341 e. The Hall–Kier alpha value is -1.32. The fourth-order valence-electron chi connectivity index (χ4n) is 2.84. The minimum atomic E-state index is 0.324. The summed E-state index contributed by atoms with van der Waals surface area (Å²) in [5.74, 6) is 1.46. The van der Waals surface area contributed by atoms with E-state index in [9.17, 15) is 4.79 Å². The Kier molecular flexibility index (Phi) is 5.00. The number of aryl methyl sites for hydroxylation is 1. The highest BCUT2D eigenvalue weighted by molar-refractivity contribution is 5.76. The molecule has 0 unspecified atom stereocenters. The number of unbranched alkanes of at least 4 members (excludes halogenated alkanes) is 1. The maximum Gasteiger partial charge on any atom is 0.222 e. The molecular weight excluding hydrogens is 238 g/mol. The minimum absolute atomic E-state index is 0.324. The molecule has 1 aromatic heterocycles. The summed E-state index contributed by atoms with van der Waals surface area (Å²) in [7, 11) is 0.